The van der Waals surface area contributed by atoms with E-state index in [2.05, 4.69) is 21.8 Å². The minimum absolute atomic E-state index is 0.123. The number of aromatic nitrogens is 2. The van der Waals surface area contributed by atoms with E-state index < -0.39 is 5.97 Å². The molecule has 1 saturated carbocycles. The highest BCUT2D eigenvalue weighted by Crippen LogP contribution is 2.35. The van der Waals surface area contributed by atoms with Gasteiger partial charge in [0.25, 0.3) is 0 Å². The van der Waals surface area contributed by atoms with Crippen molar-refractivity contribution in [1.29, 1.82) is 0 Å². The van der Waals surface area contributed by atoms with E-state index in [0.29, 0.717) is 23.9 Å². The van der Waals surface area contributed by atoms with Gasteiger partial charge in [-0.25, -0.2) is 9.78 Å². The van der Waals surface area contributed by atoms with Gasteiger partial charge in [0.05, 0.1) is 12.8 Å². The molecule has 0 bridgehead atoms. The number of likely N-dealkylation sites (tertiary alicyclic amines) is 1. The lowest BCUT2D eigenvalue weighted by Gasteiger charge is -2.43. The Hall–Kier alpha value is -2.57. The molecule has 7 heteroatoms. The van der Waals surface area contributed by atoms with Crippen LogP contribution < -0.4 is 4.90 Å². The number of hydrogen-bond acceptors (Lipinski definition) is 5. The molecule has 1 aliphatic heterocycles. The van der Waals surface area contributed by atoms with Crippen molar-refractivity contribution in [2.45, 2.75) is 45.1 Å². The molecule has 2 atom stereocenters. The van der Waals surface area contributed by atoms with Crippen LogP contribution in [0.4, 0.5) is 5.69 Å². The fraction of sp³-hybridized carbons (Fsp3) is 0.591. The van der Waals surface area contributed by atoms with E-state index in [-0.39, 0.29) is 12.0 Å². The number of carbonyl (C=O) groups is 2. The van der Waals surface area contributed by atoms with Crippen molar-refractivity contribution in [3.05, 3.63) is 24.0 Å². The van der Waals surface area contributed by atoms with Crippen molar-refractivity contribution in [3.8, 4) is 0 Å². The summed E-state index contributed by atoms with van der Waals surface area (Å²) in [5, 5.41) is 0.891. The van der Waals surface area contributed by atoms with E-state index in [0.717, 1.165) is 55.4 Å². The number of aromatic amines is 1. The third-order valence-corrected chi connectivity index (χ3v) is 6.75. The van der Waals surface area contributed by atoms with Gasteiger partial charge in [-0.3, -0.25) is 4.79 Å². The van der Waals surface area contributed by atoms with E-state index in [9.17, 15) is 9.59 Å². The van der Waals surface area contributed by atoms with Crippen molar-refractivity contribution in [2.75, 3.05) is 32.1 Å². The van der Waals surface area contributed by atoms with Crippen molar-refractivity contribution in [1.82, 2.24) is 14.9 Å². The maximum absolute atomic E-state index is 13.0. The molecule has 0 unspecified atom stereocenters. The first-order chi connectivity index (χ1) is 14.0. The van der Waals surface area contributed by atoms with Crippen LogP contribution in [-0.2, 0) is 9.53 Å². The number of pyridine rings is 1. The van der Waals surface area contributed by atoms with Gasteiger partial charge in [0.15, 0.2) is 0 Å². The first kappa shape index (κ1) is 19.7. The molecule has 1 amide bonds. The lowest BCUT2D eigenvalue weighted by Crippen LogP contribution is -2.53. The number of H-pyrrole nitrogens is 1. The molecular weight excluding hydrogens is 368 g/mol. The van der Waals surface area contributed by atoms with Crippen LogP contribution in [0.15, 0.2) is 18.5 Å². The second-order valence-electron chi connectivity index (χ2n) is 8.46. The van der Waals surface area contributed by atoms with Crippen LogP contribution in [0.5, 0.6) is 0 Å². The van der Waals surface area contributed by atoms with E-state index in [1.807, 2.05) is 24.2 Å². The Bertz CT molecular complexity index is 903. The molecule has 1 saturated heterocycles. The molecule has 2 aliphatic rings. The van der Waals surface area contributed by atoms with Gasteiger partial charge in [0.2, 0.25) is 5.91 Å². The van der Waals surface area contributed by atoms with Crippen LogP contribution in [-0.4, -0.2) is 60.0 Å². The number of nitrogens with zero attached hydrogens (tertiary/aromatic N) is 3. The quantitative estimate of drug-likeness (QED) is 0.800. The largest absolute Gasteiger partial charge is 0.465 e. The Morgan fingerprint density at radius 1 is 1.28 bits per heavy atom. The number of anilines is 1. The third-order valence-electron chi connectivity index (χ3n) is 6.75. The number of likely N-dealkylation sites (N-methyl/N-ethyl adjacent to an activating group) is 1. The van der Waals surface area contributed by atoms with E-state index in [4.69, 9.17) is 4.74 Å². The molecule has 3 heterocycles. The summed E-state index contributed by atoms with van der Waals surface area (Å²) in [7, 11) is 3.40. The van der Waals surface area contributed by atoms with Crippen molar-refractivity contribution in [2.24, 2.45) is 11.8 Å². The summed E-state index contributed by atoms with van der Waals surface area (Å²) >= 11 is 0. The molecule has 2 fully saturated rings. The van der Waals surface area contributed by atoms with Gasteiger partial charge in [0, 0.05) is 49.9 Å². The average Bonchev–Trinajstić information content (AvgIpc) is 3.43. The fourth-order valence-electron chi connectivity index (χ4n) is 4.98. The Kier molecular flexibility index (Phi) is 5.48. The molecule has 7 nitrogen and oxygen atoms in total. The molecular formula is C22H30N4O3. The number of methoxy groups -OCH3 is 1. The standard InChI is InChI=1S/C22H30N4O3/c1-14-9-11-26(21(27)15-6-4-5-7-15)13-18(14)25(2)19-16-8-10-23-20(16)24-12-17(19)22(28)29-3/h8,10,12,14-15,18H,4-7,9,11,13H2,1-3H3,(H,23,24)/t14-,18+/m1/s1. The Morgan fingerprint density at radius 3 is 2.76 bits per heavy atom. The number of fused-ring (bicyclic) bond motifs is 1. The molecule has 1 N–H and O–H groups in total. The molecule has 29 heavy (non-hydrogen) atoms. The first-order valence-electron chi connectivity index (χ1n) is 10.6. The number of nitrogens with one attached hydrogen (secondary N) is 1. The Balaban J connectivity index is 1.65. The predicted molar refractivity (Wildman–Crippen MR) is 112 cm³/mol. The van der Waals surface area contributed by atoms with Crippen molar-refractivity contribution >= 4 is 28.6 Å². The zero-order valence-corrected chi connectivity index (χ0v) is 17.5. The summed E-state index contributed by atoms with van der Waals surface area (Å²) in [5.74, 6) is 0.505. The van der Waals surface area contributed by atoms with Gasteiger partial charge in [-0.1, -0.05) is 19.8 Å². The monoisotopic (exact) mass is 398 g/mol. The summed E-state index contributed by atoms with van der Waals surface area (Å²) in [4.78, 5) is 37.2. The van der Waals surface area contributed by atoms with Crippen LogP contribution in [0.1, 0.15) is 49.4 Å². The normalized spacial score (nSPS) is 22.8. The Labute approximate surface area is 171 Å². The number of amides is 1. The number of rotatable bonds is 4. The summed E-state index contributed by atoms with van der Waals surface area (Å²) in [6.45, 7) is 3.73. The van der Waals surface area contributed by atoms with Crippen molar-refractivity contribution < 1.29 is 14.3 Å². The first-order valence-corrected chi connectivity index (χ1v) is 10.6. The van der Waals surface area contributed by atoms with Gasteiger partial charge in [-0.2, -0.15) is 0 Å². The Morgan fingerprint density at radius 2 is 2.03 bits per heavy atom. The topological polar surface area (TPSA) is 78.5 Å². The minimum atomic E-state index is -0.398. The van der Waals surface area contributed by atoms with Crippen molar-refractivity contribution in [3.63, 3.8) is 0 Å². The summed E-state index contributed by atoms with van der Waals surface area (Å²) in [5.41, 5.74) is 2.01. The number of carbonyl (C=O) groups excluding carboxylic acids is 2. The molecule has 2 aromatic heterocycles. The second-order valence-corrected chi connectivity index (χ2v) is 8.46. The van der Waals surface area contributed by atoms with Crippen LogP contribution >= 0.6 is 0 Å². The zero-order chi connectivity index (χ0) is 20.5. The van der Waals surface area contributed by atoms with E-state index >= 15 is 0 Å². The molecule has 0 spiro atoms. The lowest BCUT2D eigenvalue weighted by atomic mass is 9.90. The molecule has 156 valence electrons. The molecule has 2 aromatic rings. The number of hydrogen-bond donors (Lipinski definition) is 1. The average molecular weight is 399 g/mol. The number of piperidine rings is 1. The van der Waals surface area contributed by atoms with Crippen LogP contribution in [0.2, 0.25) is 0 Å². The maximum atomic E-state index is 13.0. The predicted octanol–water partition coefficient (Wildman–Crippen LogP) is 3.21. The number of ether oxygens (including phenoxy) is 1. The molecule has 1 aliphatic carbocycles. The molecule has 4 rings (SSSR count). The van der Waals surface area contributed by atoms with Gasteiger partial charge >= 0.3 is 5.97 Å². The minimum Gasteiger partial charge on any atom is -0.465 e. The third kappa shape index (κ3) is 3.58. The smallest absolute Gasteiger partial charge is 0.341 e. The fourth-order valence-corrected chi connectivity index (χ4v) is 4.98. The lowest BCUT2D eigenvalue weighted by molar-refractivity contribution is -0.137. The van der Waals surface area contributed by atoms with Crippen LogP contribution in [0.25, 0.3) is 11.0 Å². The zero-order valence-electron chi connectivity index (χ0n) is 17.5. The SMILES string of the molecule is COC(=O)c1cnc2[nH]ccc2c1N(C)[C@H]1CN(C(=O)C2CCCC2)CC[C@H]1C. The van der Waals surface area contributed by atoms with E-state index in [1.165, 1.54) is 7.11 Å². The molecule has 0 radical (unpaired) electrons. The molecule has 0 aromatic carbocycles. The van der Waals surface area contributed by atoms with Crippen LogP contribution in [0.3, 0.4) is 0 Å². The highest BCUT2D eigenvalue weighted by Gasteiger charge is 2.36. The van der Waals surface area contributed by atoms with Gasteiger partial charge in [0.1, 0.15) is 11.2 Å². The summed E-state index contributed by atoms with van der Waals surface area (Å²) < 4.78 is 5.01. The van der Waals surface area contributed by atoms with Gasteiger partial charge in [-0.15, -0.1) is 0 Å². The summed E-state index contributed by atoms with van der Waals surface area (Å²) in [6.07, 6.45) is 8.73. The highest BCUT2D eigenvalue weighted by molar-refractivity contribution is 6.04. The second kappa shape index (κ2) is 8.05. The van der Waals surface area contributed by atoms with Gasteiger partial charge < -0.3 is 19.5 Å². The van der Waals surface area contributed by atoms with Gasteiger partial charge in [-0.05, 0) is 31.2 Å². The summed E-state index contributed by atoms with van der Waals surface area (Å²) in [6, 6.07) is 2.06. The van der Waals surface area contributed by atoms with Crippen LogP contribution in [0, 0.1) is 11.8 Å². The number of esters is 1. The van der Waals surface area contributed by atoms with E-state index in [1.54, 1.807) is 6.20 Å². The maximum Gasteiger partial charge on any atom is 0.341 e. The highest BCUT2D eigenvalue weighted by atomic mass is 16.5.